The molecule has 1 aromatic rings. The van der Waals surface area contributed by atoms with Gasteiger partial charge in [0.2, 0.25) is 5.91 Å². The largest absolute Gasteiger partial charge is 0.399 e. The number of amides is 1. The van der Waals surface area contributed by atoms with Gasteiger partial charge in [-0.3, -0.25) is 9.00 Å². The van der Waals surface area contributed by atoms with Crippen LogP contribution in [0.4, 0.5) is 5.69 Å². The monoisotopic (exact) mass is 302 g/mol. The number of morpholine rings is 1. The number of hydrogen-bond donors (Lipinski definition) is 1. The summed E-state index contributed by atoms with van der Waals surface area (Å²) in [5, 5.41) is 0.327. The highest BCUT2D eigenvalue weighted by Crippen LogP contribution is 2.22. The number of halogens is 1. The molecule has 0 aliphatic carbocycles. The lowest BCUT2D eigenvalue weighted by Gasteiger charge is -2.26. The Balaban J connectivity index is 2.02. The van der Waals surface area contributed by atoms with Gasteiger partial charge in [-0.2, -0.15) is 0 Å². The van der Waals surface area contributed by atoms with Crippen LogP contribution in [0, 0.1) is 0 Å². The molecule has 104 valence electrons. The number of nitrogen functional groups attached to an aromatic ring is 1. The van der Waals surface area contributed by atoms with Gasteiger partial charge in [0.15, 0.2) is 0 Å². The van der Waals surface area contributed by atoms with Gasteiger partial charge in [-0.1, -0.05) is 11.6 Å². The molecule has 0 saturated carbocycles. The zero-order valence-electron chi connectivity index (χ0n) is 10.3. The van der Waals surface area contributed by atoms with Crippen LogP contribution in [0.15, 0.2) is 23.1 Å². The van der Waals surface area contributed by atoms with Gasteiger partial charge in [0.25, 0.3) is 0 Å². The van der Waals surface area contributed by atoms with Crippen molar-refractivity contribution in [3.8, 4) is 0 Å². The fraction of sp³-hybridized carbons (Fsp3) is 0.417. The van der Waals surface area contributed by atoms with Crippen molar-refractivity contribution >= 4 is 34.0 Å². The summed E-state index contributed by atoms with van der Waals surface area (Å²) in [6.45, 7) is 2.15. The summed E-state index contributed by atoms with van der Waals surface area (Å²) >= 11 is 5.98. The topological polar surface area (TPSA) is 72.6 Å². The van der Waals surface area contributed by atoms with Crippen LogP contribution in [0.25, 0.3) is 0 Å². The normalized spacial score (nSPS) is 17.2. The van der Waals surface area contributed by atoms with E-state index in [0.29, 0.717) is 41.9 Å². The molecule has 1 heterocycles. The van der Waals surface area contributed by atoms with Crippen LogP contribution in [-0.2, 0) is 20.3 Å². The molecule has 1 saturated heterocycles. The van der Waals surface area contributed by atoms with Crippen LogP contribution in [-0.4, -0.2) is 47.1 Å². The fourth-order valence-corrected chi connectivity index (χ4v) is 3.30. The highest BCUT2D eigenvalue weighted by atomic mass is 35.5. The Bertz CT molecular complexity index is 504. The summed E-state index contributed by atoms with van der Waals surface area (Å²) in [4.78, 5) is 14.1. The van der Waals surface area contributed by atoms with Gasteiger partial charge in [0.05, 0.1) is 33.9 Å². The fourth-order valence-electron chi connectivity index (χ4n) is 1.80. The van der Waals surface area contributed by atoms with Gasteiger partial charge in [-0.15, -0.1) is 0 Å². The first kappa shape index (κ1) is 14.3. The predicted molar refractivity (Wildman–Crippen MR) is 74.5 cm³/mol. The maximum absolute atomic E-state index is 12.1. The third-order valence-corrected chi connectivity index (χ3v) is 4.60. The second-order valence-corrected chi connectivity index (χ2v) is 6.00. The first-order valence-electron chi connectivity index (χ1n) is 5.87. The zero-order valence-corrected chi connectivity index (χ0v) is 11.9. The van der Waals surface area contributed by atoms with E-state index in [-0.39, 0.29) is 11.7 Å². The van der Waals surface area contributed by atoms with Gasteiger partial charge < -0.3 is 15.4 Å². The molecule has 1 atom stereocenters. The van der Waals surface area contributed by atoms with E-state index in [1.165, 1.54) is 6.07 Å². The van der Waals surface area contributed by atoms with Crippen molar-refractivity contribution in [3.05, 3.63) is 23.2 Å². The Morgan fingerprint density at radius 2 is 2.11 bits per heavy atom. The number of ether oxygens (including phenoxy) is 1. The van der Waals surface area contributed by atoms with Crippen molar-refractivity contribution in [1.82, 2.24) is 4.90 Å². The summed E-state index contributed by atoms with van der Waals surface area (Å²) in [6.07, 6.45) is 0. The standard InChI is InChI=1S/C12H15ClN2O3S/c13-10-7-9(14)1-2-11(10)19(17)8-12(16)15-3-5-18-6-4-15/h1-2,7H,3-6,8,14H2. The molecular weight excluding hydrogens is 288 g/mol. The van der Waals surface area contributed by atoms with E-state index in [1.54, 1.807) is 17.0 Å². The lowest BCUT2D eigenvalue weighted by Crippen LogP contribution is -2.42. The molecular formula is C12H15ClN2O3S. The molecule has 1 aliphatic heterocycles. The van der Waals surface area contributed by atoms with Gasteiger partial charge >= 0.3 is 0 Å². The molecule has 1 aromatic carbocycles. The van der Waals surface area contributed by atoms with Crippen molar-refractivity contribution in [1.29, 1.82) is 0 Å². The molecule has 19 heavy (non-hydrogen) atoms. The van der Waals surface area contributed by atoms with Crippen molar-refractivity contribution in [2.24, 2.45) is 0 Å². The van der Waals surface area contributed by atoms with Gasteiger partial charge in [0.1, 0.15) is 5.75 Å². The molecule has 0 spiro atoms. The van der Waals surface area contributed by atoms with Crippen LogP contribution in [0.1, 0.15) is 0 Å². The van der Waals surface area contributed by atoms with Gasteiger partial charge in [-0.25, -0.2) is 0 Å². The summed E-state index contributed by atoms with van der Waals surface area (Å²) in [5.74, 6) is -0.210. The van der Waals surface area contributed by atoms with E-state index in [1.807, 2.05) is 0 Å². The van der Waals surface area contributed by atoms with Crippen LogP contribution >= 0.6 is 11.6 Å². The summed E-state index contributed by atoms with van der Waals surface area (Å²) in [6, 6.07) is 4.76. The number of carbonyl (C=O) groups is 1. The number of carbonyl (C=O) groups excluding carboxylic acids is 1. The lowest BCUT2D eigenvalue weighted by molar-refractivity contribution is -0.132. The van der Waals surface area contributed by atoms with E-state index in [9.17, 15) is 9.00 Å². The first-order chi connectivity index (χ1) is 9.08. The highest BCUT2D eigenvalue weighted by Gasteiger charge is 2.20. The molecule has 1 unspecified atom stereocenters. The maximum atomic E-state index is 12.1. The van der Waals surface area contributed by atoms with Crippen molar-refractivity contribution in [3.63, 3.8) is 0 Å². The van der Waals surface area contributed by atoms with Crippen LogP contribution in [0.2, 0.25) is 5.02 Å². The molecule has 1 fully saturated rings. The van der Waals surface area contributed by atoms with Crippen LogP contribution in [0.5, 0.6) is 0 Å². The Labute approximate surface area is 119 Å². The van der Waals surface area contributed by atoms with Crippen molar-refractivity contribution in [2.75, 3.05) is 37.8 Å². The van der Waals surface area contributed by atoms with Crippen LogP contribution in [0.3, 0.4) is 0 Å². The zero-order chi connectivity index (χ0) is 13.8. The maximum Gasteiger partial charge on any atom is 0.235 e. The summed E-state index contributed by atoms with van der Waals surface area (Å²) < 4.78 is 17.3. The molecule has 1 aliphatic rings. The van der Waals surface area contributed by atoms with Gasteiger partial charge in [-0.05, 0) is 18.2 Å². The number of benzene rings is 1. The van der Waals surface area contributed by atoms with Crippen LogP contribution < -0.4 is 5.73 Å². The van der Waals surface area contributed by atoms with Gasteiger partial charge in [0, 0.05) is 18.8 Å². The number of rotatable bonds is 3. The number of hydrogen-bond acceptors (Lipinski definition) is 4. The van der Waals surface area contributed by atoms with Crippen molar-refractivity contribution in [2.45, 2.75) is 4.90 Å². The van der Waals surface area contributed by atoms with Crippen molar-refractivity contribution < 1.29 is 13.7 Å². The third-order valence-electron chi connectivity index (χ3n) is 2.82. The lowest BCUT2D eigenvalue weighted by atomic mass is 10.3. The Kier molecular flexibility index (Phi) is 4.79. The summed E-state index contributed by atoms with van der Waals surface area (Å²) in [5.41, 5.74) is 6.08. The molecule has 1 amide bonds. The number of anilines is 1. The minimum absolute atomic E-state index is 0.0658. The average molecular weight is 303 g/mol. The molecule has 0 aromatic heterocycles. The predicted octanol–water partition coefficient (Wildman–Crippen LogP) is 0.889. The van der Waals surface area contributed by atoms with E-state index in [4.69, 9.17) is 22.1 Å². The highest BCUT2D eigenvalue weighted by molar-refractivity contribution is 7.85. The molecule has 0 bridgehead atoms. The molecule has 7 heteroatoms. The third kappa shape index (κ3) is 3.68. The first-order valence-corrected chi connectivity index (χ1v) is 7.56. The van der Waals surface area contributed by atoms with E-state index >= 15 is 0 Å². The summed E-state index contributed by atoms with van der Waals surface area (Å²) in [7, 11) is -1.45. The Morgan fingerprint density at radius 3 is 2.74 bits per heavy atom. The number of nitrogens with zero attached hydrogens (tertiary/aromatic N) is 1. The molecule has 0 radical (unpaired) electrons. The minimum atomic E-state index is -1.45. The smallest absolute Gasteiger partial charge is 0.235 e. The van der Waals surface area contributed by atoms with E-state index in [2.05, 4.69) is 0 Å². The second kappa shape index (κ2) is 6.36. The Morgan fingerprint density at radius 1 is 1.42 bits per heavy atom. The van der Waals surface area contributed by atoms with E-state index in [0.717, 1.165) is 0 Å². The SMILES string of the molecule is Nc1ccc(S(=O)CC(=O)N2CCOCC2)c(Cl)c1. The second-order valence-electron chi connectivity index (χ2n) is 4.17. The quantitative estimate of drug-likeness (QED) is 0.842. The molecule has 2 rings (SSSR count). The average Bonchev–Trinajstić information content (AvgIpc) is 2.39. The number of nitrogens with two attached hydrogens (primary N) is 1. The minimum Gasteiger partial charge on any atom is -0.399 e. The van der Waals surface area contributed by atoms with E-state index < -0.39 is 10.8 Å². The molecule has 2 N–H and O–H groups in total. The molecule has 5 nitrogen and oxygen atoms in total. The Hall–Kier alpha value is -1.11.